The predicted octanol–water partition coefficient (Wildman–Crippen LogP) is 5.00. The third kappa shape index (κ3) is 7.44. The van der Waals surface area contributed by atoms with Gasteiger partial charge in [0.1, 0.15) is 5.83 Å². The van der Waals surface area contributed by atoms with Crippen LogP contribution in [0, 0.1) is 0 Å². The van der Waals surface area contributed by atoms with Gasteiger partial charge >= 0.3 is 0 Å². The van der Waals surface area contributed by atoms with Gasteiger partial charge in [-0.3, -0.25) is 9.80 Å². The van der Waals surface area contributed by atoms with Gasteiger partial charge in [0.15, 0.2) is 0 Å². The molecule has 3 N–H and O–H groups in total. The van der Waals surface area contributed by atoms with E-state index >= 15 is 0 Å². The zero-order valence-electron chi connectivity index (χ0n) is 17.7. The smallest absolute Gasteiger partial charge is 0.265 e. The van der Waals surface area contributed by atoms with Crippen LogP contribution in [0.1, 0.15) is 54.2 Å². The normalized spacial score (nSPS) is 13.1. The first kappa shape index (κ1) is 24.5. The third-order valence-corrected chi connectivity index (χ3v) is 5.24. The molecule has 0 fully saturated rings. The molecular formula is C22H31FN4OS. The lowest BCUT2D eigenvalue weighted by Crippen LogP contribution is -2.21. The number of rotatable bonds is 11. The molecule has 5 nitrogen and oxygen atoms in total. The number of thiophene rings is 1. The number of hydrazone groups is 1. The van der Waals surface area contributed by atoms with Crippen molar-refractivity contribution in [1.29, 1.82) is 0 Å². The average molecular weight is 419 g/mol. The molecule has 0 bridgehead atoms. The monoisotopic (exact) mass is 418 g/mol. The van der Waals surface area contributed by atoms with Gasteiger partial charge in [0.2, 0.25) is 0 Å². The van der Waals surface area contributed by atoms with Crippen LogP contribution >= 0.6 is 11.3 Å². The van der Waals surface area contributed by atoms with Crippen molar-refractivity contribution < 1.29 is 9.18 Å². The van der Waals surface area contributed by atoms with E-state index in [9.17, 15) is 9.18 Å². The van der Waals surface area contributed by atoms with Crippen molar-refractivity contribution in [3.63, 3.8) is 0 Å². The molecular weight excluding hydrogens is 387 g/mol. The number of nitrogens with zero attached hydrogens (tertiary/aromatic N) is 2. The lowest BCUT2D eigenvalue weighted by molar-refractivity contribution is 0.0970. The minimum atomic E-state index is -0.549. The van der Waals surface area contributed by atoms with E-state index in [0.717, 1.165) is 35.7 Å². The van der Waals surface area contributed by atoms with Crippen molar-refractivity contribution in [3.05, 3.63) is 63.8 Å². The van der Waals surface area contributed by atoms with Crippen molar-refractivity contribution in [2.24, 2.45) is 10.8 Å². The van der Waals surface area contributed by atoms with Crippen LogP contribution in [0.2, 0.25) is 0 Å². The fraction of sp³-hybridized carbons (Fsp3) is 0.364. The van der Waals surface area contributed by atoms with Gasteiger partial charge in [-0.15, -0.1) is 11.3 Å². The van der Waals surface area contributed by atoms with Crippen molar-refractivity contribution >= 4 is 29.0 Å². The largest absolute Gasteiger partial charge is 0.326 e. The predicted molar refractivity (Wildman–Crippen MR) is 123 cm³/mol. The number of carbonyl (C=O) groups is 1. The van der Waals surface area contributed by atoms with Crippen LogP contribution in [0.5, 0.6) is 0 Å². The van der Waals surface area contributed by atoms with Crippen LogP contribution in [0.4, 0.5) is 4.39 Å². The lowest BCUT2D eigenvalue weighted by Gasteiger charge is -2.15. The molecule has 0 saturated carbocycles. The molecule has 0 unspecified atom stereocenters. The molecule has 0 atom stereocenters. The summed E-state index contributed by atoms with van der Waals surface area (Å²) in [4.78, 5) is 13.9. The Balaban J connectivity index is 3.11. The molecule has 0 radical (unpaired) electrons. The maximum Gasteiger partial charge on any atom is 0.265 e. The summed E-state index contributed by atoms with van der Waals surface area (Å²) in [5.41, 5.74) is 7.68. The molecule has 1 aromatic rings. The third-order valence-electron chi connectivity index (χ3n) is 4.10. The highest BCUT2D eigenvalue weighted by Gasteiger charge is 2.14. The second-order valence-corrected chi connectivity index (χ2v) is 7.13. The fourth-order valence-electron chi connectivity index (χ4n) is 2.42. The van der Waals surface area contributed by atoms with E-state index in [1.54, 1.807) is 19.1 Å². The number of nitrogens with two attached hydrogens (primary N) is 1. The maximum atomic E-state index is 14.0. The molecule has 0 aliphatic carbocycles. The Kier molecular flexibility index (Phi) is 10.9. The molecule has 0 aromatic carbocycles. The van der Waals surface area contributed by atoms with Crippen LogP contribution in [-0.2, 0) is 6.54 Å². The summed E-state index contributed by atoms with van der Waals surface area (Å²) in [6, 6.07) is 1.74. The minimum absolute atomic E-state index is 0.0347. The Morgan fingerprint density at radius 1 is 1.34 bits per heavy atom. The summed E-state index contributed by atoms with van der Waals surface area (Å²) < 4.78 is 14.0. The van der Waals surface area contributed by atoms with E-state index in [1.807, 2.05) is 24.1 Å². The summed E-state index contributed by atoms with van der Waals surface area (Å²) >= 11 is 1.31. The first-order valence-corrected chi connectivity index (χ1v) is 10.5. The standard InChI is InChI=1S/C22H31FN4OS/c1-6-11-18(23)19(8-3)25-22(28)21-14-16(15-24)20(29-21)13-12-17(7-2)26-27(9-4)10-5/h6,8,11-14H,3,7,9-10,15,24H2,1-2,4-5H3,(H,25,28). The van der Waals surface area contributed by atoms with Gasteiger partial charge < -0.3 is 11.1 Å². The number of hydrogen-bond donors (Lipinski definition) is 2. The van der Waals surface area contributed by atoms with Gasteiger partial charge in [0.25, 0.3) is 5.91 Å². The Bertz CT molecular complexity index is 817. The summed E-state index contributed by atoms with van der Waals surface area (Å²) in [6.07, 6.45) is 8.78. The molecule has 1 heterocycles. The first-order chi connectivity index (χ1) is 13.9. The van der Waals surface area contributed by atoms with E-state index in [-0.39, 0.29) is 5.70 Å². The van der Waals surface area contributed by atoms with Crippen LogP contribution in [0.15, 0.2) is 53.6 Å². The first-order valence-electron chi connectivity index (χ1n) is 9.73. The lowest BCUT2D eigenvalue weighted by atomic mass is 10.2. The Hall–Kier alpha value is -2.51. The summed E-state index contributed by atoms with van der Waals surface area (Å²) in [6.45, 7) is 13.4. The van der Waals surface area contributed by atoms with E-state index in [0.29, 0.717) is 11.4 Å². The maximum absolute atomic E-state index is 14.0. The molecule has 0 saturated heterocycles. The second kappa shape index (κ2) is 12.9. The molecule has 29 heavy (non-hydrogen) atoms. The number of amides is 1. The zero-order chi connectivity index (χ0) is 21.8. The second-order valence-electron chi connectivity index (χ2n) is 6.04. The Labute approximate surface area is 177 Å². The molecule has 7 heteroatoms. The molecule has 158 valence electrons. The molecule has 1 amide bonds. The number of allylic oxidation sites excluding steroid dienone is 5. The SMILES string of the molecule is C=CC(NC(=O)c1cc(CN)c(C=CC(CC)=NN(CC)CC)s1)=C(F)C=CC. The van der Waals surface area contributed by atoms with Crippen molar-refractivity contribution in [3.8, 4) is 0 Å². The summed E-state index contributed by atoms with van der Waals surface area (Å²) in [7, 11) is 0. The number of nitrogens with one attached hydrogen (secondary N) is 1. The number of hydrogen-bond acceptors (Lipinski definition) is 5. The molecule has 0 aliphatic heterocycles. The topological polar surface area (TPSA) is 70.7 Å². The highest BCUT2D eigenvalue weighted by molar-refractivity contribution is 7.15. The van der Waals surface area contributed by atoms with Crippen molar-refractivity contribution in [1.82, 2.24) is 10.3 Å². The van der Waals surface area contributed by atoms with Gasteiger partial charge in [-0.1, -0.05) is 19.6 Å². The zero-order valence-corrected chi connectivity index (χ0v) is 18.5. The highest BCUT2D eigenvalue weighted by Crippen LogP contribution is 2.24. The van der Waals surface area contributed by atoms with Crippen LogP contribution < -0.4 is 11.1 Å². The summed E-state index contributed by atoms with van der Waals surface area (Å²) in [5.74, 6) is -0.946. The number of halogens is 1. The van der Waals surface area contributed by atoms with Gasteiger partial charge in [-0.2, -0.15) is 5.10 Å². The van der Waals surface area contributed by atoms with Crippen LogP contribution in [0.3, 0.4) is 0 Å². The molecule has 0 aliphatic rings. The summed E-state index contributed by atoms with van der Waals surface area (Å²) in [5, 5.41) is 9.17. The number of carbonyl (C=O) groups excluding carboxylic acids is 1. The van der Waals surface area contributed by atoms with Crippen molar-refractivity contribution in [2.75, 3.05) is 13.1 Å². The van der Waals surface area contributed by atoms with Gasteiger partial charge in [0, 0.05) is 24.5 Å². The molecule has 1 aromatic heterocycles. The molecule has 1 rings (SSSR count). The molecule has 0 spiro atoms. The average Bonchev–Trinajstić information content (AvgIpc) is 3.15. The quantitative estimate of drug-likeness (QED) is 0.302. The van der Waals surface area contributed by atoms with Crippen LogP contribution in [-0.4, -0.2) is 29.7 Å². The van der Waals surface area contributed by atoms with E-state index in [2.05, 4.69) is 30.8 Å². The van der Waals surface area contributed by atoms with Gasteiger partial charge in [-0.25, -0.2) is 4.39 Å². The van der Waals surface area contributed by atoms with Crippen LogP contribution in [0.25, 0.3) is 6.08 Å². The van der Waals surface area contributed by atoms with Gasteiger partial charge in [-0.05, 0) is 63.1 Å². The van der Waals surface area contributed by atoms with Gasteiger partial charge in [0.05, 0.1) is 16.3 Å². The van der Waals surface area contributed by atoms with E-state index in [4.69, 9.17) is 5.73 Å². The van der Waals surface area contributed by atoms with E-state index < -0.39 is 11.7 Å². The Morgan fingerprint density at radius 2 is 2.03 bits per heavy atom. The highest BCUT2D eigenvalue weighted by atomic mass is 32.1. The minimum Gasteiger partial charge on any atom is -0.326 e. The fourth-order valence-corrected chi connectivity index (χ4v) is 3.42. The van der Waals surface area contributed by atoms with E-state index in [1.165, 1.54) is 23.5 Å². The Morgan fingerprint density at radius 3 is 2.55 bits per heavy atom. The van der Waals surface area contributed by atoms with Crippen molar-refractivity contribution in [2.45, 2.75) is 40.7 Å².